The minimum absolute atomic E-state index is 0.390. The summed E-state index contributed by atoms with van der Waals surface area (Å²) in [4.78, 5) is 0.957. The summed E-state index contributed by atoms with van der Waals surface area (Å²) in [7, 11) is 1.64. The zero-order valence-electron chi connectivity index (χ0n) is 13.8. The van der Waals surface area contributed by atoms with E-state index in [-0.39, 0.29) is 0 Å². The molecule has 0 unspecified atom stereocenters. The second-order valence-corrected chi connectivity index (χ2v) is 5.94. The molecule has 0 N–H and O–H groups in total. The highest BCUT2D eigenvalue weighted by atomic mass is 32.1. The summed E-state index contributed by atoms with van der Waals surface area (Å²) in [6.45, 7) is 3.61. The largest absolute Gasteiger partial charge is 0.618 e. The first-order valence-electron chi connectivity index (χ1n) is 7.79. The highest BCUT2D eigenvalue weighted by Crippen LogP contribution is 2.21. The predicted octanol–water partition coefficient (Wildman–Crippen LogP) is 2.24. The van der Waals surface area contributed by atoms with Gasteiger partial charge >= 0.3 is 0 Å². The molecule has 2 rings (SSSR count). The first-order valence-corrected chi connectivity index (χ1v) is 8.67. The van der Waals surface area contributed by atoms with E-state index in [9.17, 15) is 5.21 Å². The molecule has 7 heteroatoms. The van der Waals surface area contributed by atoms with Crippen molar-refractivity contribution in [1.82, 2.24) is 0 Å². The molecule has 2 heterocycles. The van der Waals surface area contributed by atoms with Crippen molar-refractivity contribution in [2.75, 3.05) is 46.8 Å². The molecule has 0 aliphatic heterocycles. The van der Waals surface area contributed by atoms with Gasteiger partial charge in [0.25, 0.3) is 0 Å². The first-order chi connectivity index (χ1) is 11.8. The summed E-state index contributed by atoms with van der Waals surface area (Å²) >= 11 is 1.55. The smallest absolute Gasteiger partial charge is 0.233 e. The number of aromatic nitrogens is 1. The minimum atomic E-state index is 0.390. The second-order valence-electron chi connectivity index (χ2n) is 5.00. The Morgan fingerprint density at radius 3 is 2.29 bits per heavy atom. The summed E-state index contributed by atoms with van der Waals surface area (Å²) in [6.07, 6.45) is 1.56. The van der Waals surface area contributed by atoms with Gasteiger partial charge in [0.05, 0.1) is 51.1 Å². The molecule has 0 spiro atoms. The molecule has 2 aromatic heterocycles. The van der Waals surface area contributed by atoms with Crippen LogP contribution in [0.5, 0.6) is 0 Å². The van der Waals surface area contributed by atoms with Gasteiger partial charge < -0.3 is 24.2 Å². The molecule has 0 bridgehead atoms. The number of nitrogens with zero attached hydrogens (tertiary/aromatic N) is 1. The number of pyridine rings is 1. The van der Waals surface area contributed by atoms with Crippen LogP contribution in [-0.2, 0) is 25.6 Å². The van der Waals surface area contributed by atoms with Gasteiger partial charge in [0.1, 0.15) is 0 Å². The lowest BCUT2D eigenvalue weighted by atomic mass is 10.2. The van der Waals surface area contributed by atoms with Gasteiger partial charge in [0.15, 0.2) is 6.20 Å². The van der Waals surface area contributed by atoms with E-state index in [1.807, 2.05) is 29.6 Å². The van der Waals surface area contributed by atoms with E-state index < -0.39 is 0 Å². The molecule has 0 aliphatic carbocycles. The van der Waals surface area contributed by atoms with E-state index in [0.29, 0.717) is 51.9 Å². The van der Waals surface area contributed by atoms with Gasteiger partial charge in [-0.05, 0) is 17.5 Å². The summed E-state index contributed by atoms with van der Waals surface area (Å²) in [6, 6.07) is 7.60. The Labute approximate surface area is 146 Å². The van der Waals surface area contributed by atoms with Gasteiger partial charge in [-0.2, -0.15) is 4.73 Å². The van der Waals surface area contributed by atoms with Crippen molar-refractivity contribution in [2.24, 2.45) is 0 Å². The monoisotopic (exact) mass is 353 g/mol. The molecule has 0 saturated carbocycles. The van der Waals surface area contributed by atoms with Crippen molar-refractivity contribution >= 4 is 11.3 Å². The Bertz CT molecular complexity index is 576. The Kier molecular flexibility index (Phi) is 8.72. The van der Waals surface area contributed by atoms with Crippen LogP contribution in [0.3, 0.4) is 0 Å². The van der Waals surface area contributed by atoms with Crippen LogP contribution in [0.1, 0.15) is 5.56 Å². The molecule has 24 heavy (non-hydrogen) atoms. The summed E-state index contributed by atoms with van der Waals surface area (Å²) in [5.74, 6) is 0. The fraction of sp³-hybridized carbons (Fsp3) is 0.471. The molecular formula is C17H23NO5S. The number of hydrogen-bond acceptors (Lipinski definition) is 6. The Hall–Kier alpha value is -1.51. The number of thiophene rings is 1. The fourth-order valence-electron chi connectivity index (χ4n) is 2.00. The van der Waals surface area contributed by atoms with E-state index in [4.69, 9.17) is 18.9 Å². The molecule has 0 fully saturated rings. The third kappa shape index (κ3) is 6.54. The van der Waals surface area contributed by atoms with Crippen molar-refractivity contribution in [3.63, 3.8) is 0 Å². The molecule has 2 aromatic rings. The van der Waals surface area contributed by atoms with Gasteiger partial charge in [0.2, 0.25) is 5.69 Å². The van der Waals surface area contributed by atoms with Crippen LogP contribution >= 0.6 is 11.3 Å². The van der Waals surface area contributed by atoms with E-state index in [1.165, 1.54) is 0 Å². The Balaban J connectivity index is 1.59. The van der Waals surface area contributed by atoms with Crippen molar-refractivity contribution in [3.05, 3.63) is 46.6 Å². The first kappa shape index (κ1) is 18.8. The number of ether oxygens (including phenoxy) is 4. The maximum absolute atomic E-state index is 12.0. The van der Waals surface area contributed by atoms with E-state index in [2.05, 4.69) is 0 Å². The standard InChI is InChI=1S/C17H23NO5S/c1-20-6-7-21-8-9-22-10-11-23-14-15-4-5-16(18(19)13-15)17-3-2-12-24-17/h2-5,12-13H,6-11,14H2,1H3. The lowest BCUT2D eigenvalue weighted by molar-refractivity contribution is -0.594. The van der Waals surface area contributed by atoms with Gasteiger partial charge in [-0.15, -0.1) is 11.3 Å². The predicted molar refractivity (Wildman–Crippen MR) is 91.9 cm³/mol. The van der Waals surface area contributed by atoms with Gasteiger partial charge in [0, 0.05) is 18.7 Å². The average molecular weight is 353 g/mol. The van der Waals surface area contributed by atoms with Crippen LogP contribution in [0.15, 0.2) is 35.8 Å². The van der Waals surface area contributed by atoms with Crippen LogP contribution in [0.2, 0.25) is 0 Å². The van der Waals surface area contributed by atoms with E-state index in [1.54, 1.807) is 24.6 Å². The topological polar surface area (TPSA) is 63.9 Å². The minimum Gasteiger partial charge on any atom is -0.618 e. The SMILES string of the molecule is COCCOCCOCCOCc1ccc(-c2cccs2)[n+]([O-])c1. The molecule has 0 radical (unpaired) electrons. The summed E-state index contributed by atoms with van der Waals surface area (Å²) < 4.78 is 21.9. The molecule has 0 atom stereocenters. The zero-order chi connectivity index (χ0) is 17.0. The fourth-order valence-corrected chi connectivity index (χ4v) is 2.73. The molecule has 0 aromatic carbocycles. The van der Waals surface area contributed by atoms with Crippen molar-refractivity contribution in [2.45, 2.75) is 6.61 Å². The van der Waals surface area contributed by atoms with Crippen LogP contribution in [-0.4, -0.2) is 46.8 Å². The highest BCUT2D eigenvalue weighted by molar-refractivity contribution is 7.13. The molecule has 0 saturated heterocycles. The zero-order valence-corrected chi connectivity index (χ0v) is 14.6. The van der Waals surface area contributed by atoms with Crippen molar-refractivity contribution < 1.29 is 23.7 Å². The third-order valence-electron chi connectivity index (χ3n) is 3.19. The normalized spacial score (nSPS) is 11.0. The van der Waals surface area contributed by atoms with Crippen LogP contribution < -0.4 is 4.73 Å². The van der Waals surface area contributed by atoms with Crippen LogP contribution in [0.4, 0.5) is 0 Å². The number of methoxy groups -OCH3 is 1. The Morgan fingerprint density at radius 1 is 0.958 bits per heavy atom. The van der Waals surface area contributed by atoms with Crippen molar-refractivity contribution in [1.29, 1.82) is 0 Å². The Morgan fingerprint density at radius 2 is 1.67 bits per heavy atom. The lowest BCUT2D eigenvalue weighted by Gasteiger charge is -2.08. The molecule has 0 amide bonds. The van der Waals surface area contributed by atoms with Crippen LogP contribution in [0, 0.1) is 5.21 Å². The van der Waals surface area contributed by atoms with E-state index >= 15 is 0 Å². The average Bonchev–Trinajstić information content (AvgIpc) is 3.11. The lowest BCUT2D eigenvalue weighted by Crippen LogP contribution is -2.29. The molecule has 132 valence electrons. The number of hydrogen-bond donors (Lipinski definition) is 0. The van der Waals surface area contributed by atoms with Gasteiger partial charge in [-0.1, -0.05) is 6.07 Å². The molecular weight excluding hydrogens is 330 g/mol. The maximum Gasteiger partial charge on any atom is 0.233 e. The van der Waals surface area contributed by atoms with Crippen LogP contribution in [0.25, 0.3) is 10.6 Å². The van der Waals surface area contributed by atoms with E-state index in [0.717, 1.165) is 15.2 Å². The number of rotatable bonds is 12. The summed E-state index contributed by atoms with van der Waals surface area (Å²) in [5.41, 5.74) is 1.50. The summed E-state index contributed by atoms with van der Waals surface area (Å²) in [5, 5.41) is 14.0. The highest BCUT2D eigenvalue weighted by Gasteiger charge is 2.10. The maximum atomic E-state index is 12.0. The van der Waals surface area contributed by atoms with Crippen molar-refractivity contribution in [3.8, 4) is 10.6 Å². The molecule has 0 aliphatic rings. The van der Waals surface area contributed by atoms with Gasteiger partial charge in [-0.3, -0.25) is 0 Å². The molecule has 6 nitrogen and oxygen atoms in total. The quantitative estimate of drug-likeness (QED) is 0.333. The third-order valence-corrected chi connectivity index (χ3v) is 4.09. The van der Waals surface area contributed by atoms with Gasteiger partial charge in [-0.25, -0.2) is 0 Å². The second kappa shape index (κ2) is 11.1.